The average Bonchev–Trinajstić information content (AvgIpc) is 3.13. The molecule has 0 saturated carbocycles. The molecule has 9 heteroatoms. The van der Waals surface area contributed by atoms with E-state index in [0.717, 1.165) is 40.0 Å². The summed E-state index contributed by atoms with van der Waals surface area (Å²) in [7, 11) is 0. The van der Waals surface area contributed by atoms with Crippen molar-refractivity contribution in [3.8, 4) is 11.5 Å². The normalized spacial score (nSPS) is 12.4. The molecule has 0 bridgehead atoms. The molecule has 8 nitrogen and oxygen atoms in total. The van der Waals surface area contributed by atoms with Gasteiger partial charge < -0.3 is 9.15 Å². The van der Waals surface area contributed by atoms with Gasteiger partial charge in [-0.15, -0.1) is 5.10 Å². The van der Waals surface area contributed by atoms with Crippen LogP contribution in [0.5, 0.6) is 0 Å². The van der Waals surface area contributed by atoms with Crippen molar-refractivity contribution in [2.24, 2.45) is 0 Å². The lowest BCUT2D eigenvalue weighted by Crippen LogP contribution is -2.32. The lowest BCUT2D eigenvalue weighted by molar-refractivity contribution is -0.148. The Bertz CT molecular complexity index is 1410. The van der Waals surface area contributed by atoms with Gasteiger partial charge in [-0.25, -0.2) is 9.18 Å². The predicted octanol–water partition coefficient (Wildman–Crippen LogP) is 3.65. The third-order valence-corrected chi connectivity index (χ3v) is 5.71. The van der Waals surface area contributed by atoms with Crippen LogP contribution in [0.2, 0.25) is 0 Å². The molecule has 5 rings (SSSR count). The SMILES string of the molecule is O=C(Cn1nc(-c2ccc(F)cc2)oc1=O)OCC(=O)N1c2ccccc2CCc2ccccc21. The van der Waals surface area contributed by atoms with Gasteiger partial charge in [0.05, 0.1) is 11.4 Å². The lowest BCUT2D eigenvalue weighted by atomic mass is 10.0. The molecule has 1 aromatic heterocycles. The van der Waals surface area contributed by atoms with Crippen LogP contribution >= 0.6 is 0 Å². The number of aromatic nitrogens is 2. The number of rotatable bonds is 5. The molecule has 0 saturated heterocycles. The first-order valence-electron chi connectivity index (χ1n) is 11.0. The summed E-state index contributed by atoms with van der Waals surface area (Å²) < 4.78 is 24.2. The molecule has 0 fully saturated rings. The first-order valence-corrected chi connectivity index (χ1v) is 11.0. The van der Waals surface area contributed by atoms with Crippen molar-refractivity contribution >= 4 is 23.3 Å². The van der Waals surface area contributed by atoms with Crippen molar-refractivity contribution < 1.29 is 23.1 Å². The highest BCUT2D eigenvalue weighted by Crippen LogP contribution is 2.36. The van der Waals surface area contributed by atoms with E-state index in [1.807, 2.05) is 48.5 Å². The van der Waals surface area contributed by atoms with Gasteiger partial charge in [0, 0.05) is 5.56 Å². The largest absolute Gasteiger partial charge is 0.454 e. The molecule has 1 amide bonds. The van der Waals surface area contributed by atoms with E-state index in [9.17, 15) is 18.8 Å². The molecule has 1 aliphatic heterocycles. The number of hydrogen-bond donors (Lipinski definition) is 0. The summed E-state index contributed by atoms with van der Waals surface area (Å²) in [5.41, 5.74) is 3.91. The summed E-state index contributed by atoms with van der Waals surface area (Å²) in [6.07, 6.45) is 1.56. The predicted molar refractivity (Wildman–Crippen MR) is 125 cm³/mol. The van der Waals surface area contributed by atoms with Crippen LogP contribution in [-0.4, -0.2) is 28.3 Å². The molecular weight excluding hydrogens is 453 g/mol. The van der Waals surface area contributed by atoms with Gasteiger partial charge in [-0.3, -0.25) is 14.5 Å². The van der Waals surface area contributed by atoms with Crippen LogP contribution < -0.4 is 10.7 Å². The zero-order valence-corrected chi connectivity index (χ0v) is 18.5. The van der Waals surface area contributed by atoms with Gasteiger partial charge in [0.1, 0.15) is 12.4 Å². The van der Waals surface area contributed by atoms with Crippen molar-refractivity contribution in [1.82, 2.24) is 9.78 Å². The highest BCUT2D eigenvalue weighted by atomic mass is 19.1. The second-order valence-corrected chi connectivity index (χ2v) is 7.98. The number of hydrogen-bond acceptors (Lipinski definition) is 6. The van der Waals surface area contributed by atoms with Gasteiger partial charge in [0.15, 0.2) is 6.61 Å². The number of fused-ring (bicyclic) bond motifs is 2. The zero-order valence-electron chi connectivity index (χ0n) is 18.5. The number of ether oxygens (including phenoxy) is 1. The molecule has 4 aromatic rings. The Morgan fingerprint density at radius 2 is 1.51 bits per heavy atom. The van der Waals surface area contributed by atoms with Gasteiger partial charge in [-0.1, -0.05) is 36.4 Å². The highest BCUT2D eigenvalue weighted by molar-refractivity contribution is 6.03. The average molecular weight is 473 g/mol. The van der Waals surface area contributed by atoms with E-state index >= 15 is 0 Å². The fourth-order valence-electron chi connectivity index (χ4n) is 4.04. The summed E-state index contributed by atoms with van der Waals surface area (Å²) in [5, 5.41) is 3.96. The minimum Gasteiger partial charge on any atom is -0.454 e. The first-order chi connectivity index (χ1) is 17.0. The summed E-state index contributed by atoms with van der Waals surface area (Å²) in [6, 6.07) is 20.4. The topological polar surface area (TPSA) is 94.6 Å². The van der Waals surface area contributed by atoms with Gasteiger partial charge in [-0.05, 0) is 60.4 Å². The molecule has 1 aliphatic rings. The van der Waals surface area contributed by atoms with Crippen molar-refractivity contribution in [2.45, 2.75) is 19.4 Å². The standard InChI is InChI=1S/C26H20FN3O5/c27-20-13-11-19(12-14-20)25-28-29(26(33)35-25)15-24(32)34-16-23(31)30-21-7-3-1-5-17(21)9-10-18-6-2-4-8-22(18)30/h1-8,11-14H,9-10,15-16H2. The zero-order chi connectivity index (χ0) is 24.4. The van der Waals surface area contributed by atoms with Crippen molar-refractivity contribution in [2.75, 3.05) is 11.5 Å². The fourth-order valence-corrected chi connectivity index (χ4v) is 4.04. The minimum absolute atomic E-state index is 0.0587. The smallest absolute Gasteiger partial charge is 0.437 e. The van der Waals surface area contributed by atoms with Gasteiger partial charge in [0.2, 0.25) is 5.89 Å². The maximum Gasteiger partial charge on any atom is 0.437 e. The minimum atomic E-state index is -0.872. The molecule has 176 valence electrons. The molecule has 0 spiro atoms. The molecule has 0 unspecified atom stereocenters. The van der Waals surface area contributed by atoms with Crippen LogP contribution in [0.25, 0.3) is 11.5 Å². The van der Waals surface area contributed by atoms with E-state index in [0.29, 0.717) is 5.56 Å². The number of halogens is 1. The molecule has 0 radical (unpaired) electrons. The molecule has 2 heterocycles. The summed E-state index contributed by atoms with van der Waals surface area (Å²) in [5.74, 6) is -2.62. The molecular formula is C26H20FN3O5. The number of aryl methyl sites for hydroxylation is 2. The maximum absolute atomic E-state index is 13.2. The van der Waals surface area contributed by atoms with Crippen LogP contribution in [0.4, 0.5) is 15.8 Å². The van der Waals surface area contributed by atoms with Crippen molar-refractivity contribution in [3.63, 3.8) is 0 Å². The van der Waals surface area contributed by atoms with Gasteiger partial charge in [-0.2, -0.15) is 4.68 Å². The number of esters is 1. The number of carbonyl (C=O) groups excluding carboxylic acids is 2. The molecule has 0 atom stereocenters. The van der Waals surface area contributed by atoms with E-state index in [4.69, 9.17) is 9.15 Å². The third-order valence-electron chi connectivity index (χ3n) is 5.71. The second-order valence-electron chi connectivity index (χ2n) is 7.98. The molecule has 3 aromatic carbocycles. The lowest BCUT2D eigenvalue weighted by Gasteiger charge is -2.24. The fraction of sp³-hybridized carbons (Fsp3) is 0.154. The van der Waals surface area contributed by atoms with Crippen molar-refractivity contribution in [3.05, 3.63) is 100 Å². The number of amides is 1. The Labute approximate surface area is 199 Å². The molecule has 35 heavy (non-hydrogen) atoms. The van der Waals surface area contributed by atoms with Crippen LogP contribution in [-0.2, 0) is 33.7 Å². The maximum atomic E-state index is 13.2. The Morgan fingerprint density at radius 3 is 2.14 bits per heavy atom. The summed E-state index contributed by atoms with van der Waals surface area (Å²) in [6.45, 7) is -1.05. The number of para-hydroxylation sites is 2. The monoisotopic (exact) mass is 473 g/mol. The quantitative estimate of drug-likeness (QED) is 0.411. The van der Waals surface area contributed by atoms with E-state index in [2.05, 4.69) is 5.10 Å². The second kappa shape index (κ2) is 9.38. The number of nitrogens with zero attached hydrogens (tertiary/aromatic N) is 3. The summed E-state index contributed by atoms with van der Waals surface area (Å²) in [4.78, 5) is 39.3. The summed E-state index contributed by atoms with van der Waals surface area (Å²) >= 11 is 0. The van der Waals surface area contributed by atoms with Crippen molar-refractivity contribution in [1.29, 1.82) is 0 Å². The van der Waals surface area contributed by atoms with Crippen LogP contribution in [0.15, 0.2) is 82.0 Å². The number of anilines is 2. The number of carbonyl (C=O) groups is 2. The molecule has 0 N–H and O–H groups in total. The van der Waals surface area contributed by atoms with E-state index in [1.165, 1.54) is 24.3 Å². The Morgan fingerprint density at radius 1 is 0.914 bits per heavy atom. The van der Waals surface area contributed by atoms with E-state index in [-0.39, 0.29) is 5.89 Å². The van der Waals surface area contributed by atoms with Gasteiger partial charge >= 0.3 is 11.7 Å². The van der Waals surface area contributed by atoms with E-state index < -0.39 is 36.6 Å². The van der Waals surface area contributed by atoms with Gasteiger partial charge in [0.25, 0.3) is 5.91 Å². The highest BCUT2D eigenvalue weighted by Gasteiger charge is 2.26. The Balaban J connectivity index is 1.30. The third kappa shape index (κ3) is 4.61. The first kappa shape index (κ1) is 22.3. The Kier molecular flexibility index (Phi) is 5.97. The molecule has 0 aliphatic carbocycles. The van der Waals surface area contributed by atoms with E-state index in [1.54, 1.807) is 4.90 Å². The number of benzene rings is 3. The van der Waals surface area contributed by atoms with Crippen LogP contribution in [0.1, 0.15) is 11.1 Å². The van der Waals surface area contributed by atoms with Crippen LogP contribution in [0.3, 0.4) is 0 Å². The Hall–Kier alpha value is -4.53. The van der Waals surface area contributed by atoms with Crippen LogP contribution in [0, 0.1) is 5.82 Å².